The third kappa shape index (κ3) is 4.30. The van der Waals surface area contributed by atoms with Crippen LogP contribution in [0.3, 0.4) is 0 Å². The minimum atomic E-state index is -2.72. The zero-order valence-electron chi connectivity index (χ0n) is 6.79. The summed E-state index contributed by atoms with van der Waals surface area (Å²) in [6, 6.07) is 0. The Balaban J connectivity index is 4.48. The minimum Gasteiger partial charge on any atom is -0.202 e. The Morgan fingerprint density at radius 3 is 2.18 bits per heavy atom. The van der Waals surface area contributed by atoms with Gasteiger partial charge in [-0.1, -0.05) is 22.0 Å². The van der Waals surface area contributed by atoms with E-state index in [0.717, 1.165) is 6.92 Å². The molecule has 0 aromatic rings. The molecule has 0 rings (SSSR count). The van der Waals surface area contributed by atoms with Gasteiger partial charge >= 0.3 is 0 Å². The summed E-state index contributed by atoms with van der Waals surface area (Å²) in [6.45, 7) is 4.07. The van der Waals surface area contributed by atoms with Crippen molar-refractivity contribution in [2.45, 2.75) is 26.7 Å². The summed E-state index contributed by atoms with van der Waals surface area (Å²) >= 11 is 3.12. The van der Waals surface area contributed by atoms with E-state index in [0.29, 0.717) is 4.48 Å². The fourth-order valence-corrected chi connectivity index (χ4v) is 0.760. The fraction of sp³-hybridized carbons (Fsp3) is 0.500. The molecule has 11 heavy (non-hydrogen) atoms. The second kappa shape index (κ2) is 4.00. The summed E-state index contributed by atoms with van der Waals surface area (Å²) in [6.07, 6.45) is 3.13. The van der Waals surface area contributed by atoms with E-state index in [9.17, 15) is 8.78 Å². The standard InChI is InChI=1S/C8H11BrF2/c1-4-7(9)5-6(2)8(3,10)11/h4-5H,1-3H3. The van der Waals surface area contributed by atoms with Crippen LogP contribution in [-0.2, 0) is 0 Å². The largest absolute Gasteiger partial charge is 0.266 e. The van der Waals surface area contributed by atoms with Crippen LogP contribution in [0.4, 0.5) is 8.78 Å². The number of rotatable bonds is 2. The van der Waals surface area contributed by atoms with Gasteiger partial charge in [-0.3, -0.25) is 0 Å². The Hall–Kier alpha value is -0.180. The monoisotopic (exact) mass is 224 g/mol. The van der Waals surface area contributed by atoms with Gasteiger partial charge in [0, 0.05) is 11.4 Å². The molecule has 0 atom stereocenters. The molecule has 0 saturated carbocycles. The van der Waals surface area contributed by atoms with Crippen LogP contribution in [0.2, 0.25) is 0 Å². The second-order valence-corrected chi connectivity index (χ2v) is 3.30. The van der Waals surface area contributed by atoms with E-state index in [1.54, 1.807) is 13.0 Å². The summed E-state index contributed by atoms with van der Waals surface area (Å²) in [5.74, 6) is -2.72. The van der Waals surface area contributed by atoms with Crippen LogP contribution in [0.15, 0.2) is 22.2 Å². The molecule has 0 aromatic carbocycles. The summed E-state index contributed by atoms with van der Waals surface area (Å²) < 4.78 is 25.7. The van der Waals surface area contributed by atoms with Crippen molar-refractivity contribution >= 4 is 15.9 Å². The van der Waals surface area contributed by atoms with E-state index in [4.69, 9.17) is 0 Å². The predicted octanol–water partition coefficient (Wildman–Crippen LogP) is 3.89. The molecule has 64 valence electrons. The van der Waals surface area contributed by atoms with Gasteiger partial charge in [0.2, 0.25) is 0 Å². The van der Waals surface area contributed by atoms with Gasteiger partial charge in [-0.2, -0.15) is 0 Å². The van der Waals surface area contributed by atoms with Crippen molar-refractivity contribution in [3.8, 4) is 0 Å². The lowest BCUT2D eigenvalue weighted by Gasteiger charge is -2.09. The van der Waals surface area contributed by atoms with Crippen LogP contribution in [0.5, 0.6) is 0 Å². The van der Waals surface area contributed by atoms with Gasteiger partial charge in [-0.15, -0.1) is 0 Å². The summed E-state index contributed by atoms with van der Waals surface area (Å²) in [5.41, 5.74) is 0.0578. The van der Waals surface area contributed by atoms with Gasteiger partial charge in [-0.05, 0) is 25.5 Å². The SMILES string of the molecule is CC=C(Br)C=C(C)C(C)(F)F. The number of alkyl halides is 2. The highest BCUT2D eigenvalue weighted by Crippen LogP contribution is 2.24. The predicted molar refractivity (Wildman–Crippen MR) is 47.1 cm³/mol. The molecule has 0 aliphatic carbocycles. The molecule has 0 saturated heterocycles. The minimum absolute atomic E-state index is 0.0578. The van der Waals surface area contributed by atoms with Gasteiger partial charge in [0.15, 0.2) is 0 Å². The molecule has 0 heterocycles. The highest BCUT2D eigenvalue weighted by molar-refractivity contribution is 9.11. The van der Waals surface area contributed by atoms with Gasteiger partial charge in [0.05, 0.1) is 0 Å². The van der Waals surface area contributed by atoms with Crippen molar-refractivity contribution < 1.29 is 8.78 Å². The van der Waals surface area contributed by atoms with E-state index >= 15 is 0 Å². The Morgan fingerprint density at radius 1 is 1.45 bits per heavy atom. The Kier molecular flexibility index (Phi) is 3.93. The van der Waals surface area contributed by atoms with Gasteiger partial charge in [0.1, 0.15) is 0 Å². The van der Waals surface area contributed by atoms with Gasteiger partial charge in [0.25, 0.3) is 5.92 Å². The molecule has 0 N–H and O–H groups in total. The van der Waals surface area contributed by atoms with Gasteiger partial charge < -0.3 is 0 Å². The molecule has 3 heteroatoms. The molecule has 0 radical (unpaired) electrons. The highest BCUT2D eigenvalue weighted by atomic mass is 79.9. The number of allylic oxidation sites excluding steroid dienone is 4. The highest BCUT2D eigenvalue weighted by Gasteiger charge is 2.23. The number of halogens is 3. The Morgan fingerprint density at radius 2 is 1.91 bits per heavy atom. The first-order valence-electron chi connectivity index (χ1n) is 3.26. The van der Waals surface area contributed by atoms with E-state index in [1.165, 1.54) is 13.0 Å². The van der Waals surface area contributed by atoms with Crippen LogP contribution in [0.1, 0.15) is 20.8 Å². The average molecular weight is 225 g/mol. The molecule has 0 unspecified atom stereocenters. The lowest BCUT2D eigenvalue weighted by molar-refractivity contribution is 0.0635. The lowest BCUT2D eigenvalue weighted by Crippen LogP contribution is -2.10. The van der Waals surface area contributed by atoms with Crippen LogP contribution in [-0.4, -0.2) is 5.92 Å². The average Bonchev–Trinajstić information content (AvgIpc) is 1.85. The maximum Gasteiger partial charge on any atom is 0.266 e. The molecule has 0 nitrogen and oxygen atoms in total. The third-order valence-electron chi connectivity index (χ3n) is 1.32. The van der Waals surface area contributed by atoms with E-state index in [1.807, 2.05) is 0 Å². The van der Waals surface area contributed by atoms with Crippen molar-refractivity contribution in [3.63, 3.8) is 0 Å². The van der Waals surface area contributed by atoms with E-state index < -0.39 is 5.92 Å². The van der Waals surface area contributed by atoms with Crippen LogP contribution >= 0.6 is 15.9 Å². The summed E-state index contributed by atoms with van der Waals surface area (Å²) in [7, 11) is 0. The number of hydrogen-bond acceptors (Lipinski definition) is 0. The smallest absolute Gasteiger partial charge is 0.202 e. The molecule has 0 spiro atoms. The first-order chi connectivity index (χ1) is 4.88. The van der Waals surface area contributed by atoms with Crippen LogP contribution < -0.4 is 0 Å². The fourth-order valence-electron chi connectivity index (χ4n) is 0.417. The molecule has 0 bridgehead atoms. The Labute approximate surface area is 74.1 Å². The van der Waals surface area contributed by atoms with Crippen LogP contribution in [0.25, 0.3) is 0 Å². The number of hydrogen-bond donors (Lipinski definition) is 0. The lowest BCUT2D eigenvalue weighted by atomic mass is 10.1. The summed E-state index contributed by atoms with van der Waals surface area (Å²) in [4.78, 5) is 0. The molecular weight excluding hydrogens is 214 g/mol. The van der Waals surface area contributed by atoms with Crippen molar-refractivity contribution in [1.82, 2.24) is 0 Å². The van der Waals surface area contributed by atoms with E-state index in [-0.39, 0.29) is 5.57 Å². The topological polar surface area (TPSA) is 0 Å². The molecule has 0 amide bonds. The summed E-state index contributed by atoms with van der Waals surface area (Å²) in [5, 5.41) is 0. The molecule has 0 aliphatic heterocycles. The van der Waals surface area contributed by atoms with Crippen molar-refractivity contribution in [3.05, 3.63) is 22.2 Å². The quantitative estimate of drug-likeness (QED) is 0.625. The zero-order chi connectivity index (χ0) is 9.07. The second-order valence-electron chi connectivity index (χ2n) is 2.39. The molecular formula is C8H11BrF2. The van der Waals surface area contributed by atoms with Crippen molar-refractivity contribution in [1.29, 1.82) is 0 Å². The molecule has 0 aliphatic rings. The van der Waals surface area contributed by atoms with Crippen LogP contribution in [0, 0.1) is 0 Å². The molecule has 0 fully saturated rings. The maximum atomic E-state index is 12.5. The van der Waals surface area contributed by atoms with Gasteiger partial charge in [-0.25, -0.2) is 8.78 Å². The normalized spacial score (nSPS) is 15.5. The first-order valence-corrected chi connectivity index (χ1v) is 4.05. The van der Waals surface area contributed by atoms with E-state index in [2.05, 4.69) is 15.9 Å². The Bertz CT molecular complexity index is 187. The zero-order valence-corrected chi connectivity index (χ0v) is 8.37. The third-order valence-corrected chi connectivity index (χ3v) is 2.01. The first kappa shape index (κ1) is 10.8. The molecule has 0 aromatic heterocycles. The van der Waals surface area contributed by atoms with Crippen molar-refractivity contribution in [2.75, 3.05) is 0 Å². The van der Waals surface area contributed by atoms with Crippen molar-refractivity contribution in [2.24, 2.45) is 0 Å². The maximum absolute atomic E-state index is 12.5.